The van der Waals surface area contributed by atoms with Crippen LogP contribution < -0.4 is 0 Å². The van der Waals surface area contributed by atoms with Crippen LogP contribution in [0.5, 0.6) is 0 Å². The van der Waals surface area contributed by atoms with Crippen molar-refractivity contribution in [3.05, 3.63) is 0 Å². The Bertz CT molecular complexity index is 792. The van der Waals surface area contributed by atoms with Crippen LogP contribution in [-0.2, 0) is 29.2 Å². The van der Waals surface area contributed by atoms with Gasteiger partial charge in [0.2, 0.25) is 0 Å². The lowest BCUT2D eigenvalue weighted by Crippen LogP contribution is -2.60. The molecule has 4 aliphatic rings. The van der Waals surface area contributed by atoms with Crippen LogP contribution in [0.4, 0.5) is 8.78 Å². The van der Waals surface area contributed by atoms with Gasteiger partial charge in [0.15, 0.2) is 6.61 Å². The Morgan fingerprint density at radius 3 is 2.21 bits per heavy atom. The first-order chi connectivity index (χ1) is 13.0. The molecular weight excluding hydrogens is 525 g/mol. The highest BCUT2D eigenvalue weighted by Gasteiger charge is 2.63. The number of alkyl halides is 3. The highest BCUT2D eigenvalue weighted by molar-refractivity contribution is 14.1. The Morgan fingerprint density at radius 1 is 1.17 bits per heavy atom. The molecule has 0 N–H and O–H groups in total. The maximum absolute atomic E-state index is 13.7. The van der Waals surface area contributed by atoms with Crippen LogP contribution in [0.1, 0.15) is 52.4 Å². The van der Waals surface area contributed by atoms with Crippen LogP contribution in [0.2, 0.25) is 0 Å². The first-order valence-electron chi connectivity index (χ1n) is 9.44. The summed E-state index contributed by atoms with van der Waals surface area (Å²) >= 11 is 1.99. The fourth-order valence-electron chi connectivity index (χ4n) is 5.48. The van der Waals surface area contributed by atoms with Crippen LogP contribution in [0.3, 0.4) is 0 Å². The number of halogens is 3. The second-order valence-corrected chi connectivity index (χ2v) is 13.5. The molecule has 11 heteroatoms. The van der Waals surface area contributed by atoms with Gasteiger partial charge in [0, 0.05) is 6.42 Å². The Kier molecular flexibility index (Phi) is 5.78. The Morgan fingerprint density at radius 2 is 1.72 bits per heavy atom. The van der Waals surface area contributed by atoms with Crippen LogP contribution in [0.15, 0.2) is 0 Å². The van der Waals surface area contributed by atoms with Crippen molar-refractivity contribution >= 4 is 44.6 Å². The molecule has 0 aromatic carbocycles. The molecule has 0 aliphatic heterocycles. The lowest BCUT2D eigenvalue weighted by molar-refractivity contribution is -0.216. The normalized spacial score (nSPS) is 34.1. The molecule has 4 rings (SSSR count). The van der Waals surface area contributed by atoms with Crippen molar-refractivity contribution in [2.45, 2.75) is 67.3 Å². The molecule has 0 amide bonds. The maximum Gasteiger partial charge on any atom is 0.322 e. The minimum Gasteiger partial charge on any atom is -0.748 e. The standard InChI is InChI=1S/C18H25F2IO7S/c1-15(2,21)13(22)28-17-6-11-3-12(7-17)5-16(4-11,8-17)14(23)27-9-18(19,20)10-29(24,25)26/h11-12H,3-10H2,1-2H3,(H,24,25,26)/p-1. The monoisotopic (exact) mass is 549 g/mol. The summed E-state index contributed by atoms with van der Waals surface area (Å²) in [6.45, 7) is 2.00. The molecule has 4 saturated carbocycles. The van der Waals surface area contributed by atoms with Crippen molar-refractivity contribution in [3.63, 3.8) is 0 Å². The van der Waals surface area contributed by atoms with E-state index >= 15 is 0 Å². The van der Waals surface area contributed by atoms with E-state index in [1.807, 2.05) is 22.6 Å². The number of hydrogen-bond donors (Lipinski definition) is 0. The second kappa shape index (κ2) is 7.25. The van der Waals surface area contributed by atoms with Gasteiger partial charge in [0.05, 0.1) is 5.41 Å². The molecule has 0 spiro atoms. The first kappa shape index (κ1) is 23.1. The molecule has 4 fully saturated rings. The summed E-state index contributed by atoms with van der Waals surface area (Å²) in [6.07, 6.45) is 3.34. The van der Waals surface area contributed by atoms with Gasteiger partial charge in [-0.3, -0.25) is 9.59 Å². The summed E-state index contributed by atoms with van der Waals surface area (Å²) in [6, 6.07) is 0. The predicted molar refractivity (Wildman–Crippen MR) is 105 cm³/mol. The number of esters is 2. The maximum atomic E-state index is 13.7. The quantitative estimate of drug-likeness (QED) is 0.208. The van der Waals surface area contributed by atoms with Crippen LogP contribution >= 0.6 is 22.6 Å². The summed E-state index contributed by atoms with van der Waals surface area (Å²) in [4.78, 5) is 25.3. The van der Waals surface area contributed by atoms with Crippen molar-refractivity contribution in [1.29, 1.82) is 0 Å². The lowest BCUT2D eigenvalue weighted by atomic mass is 9.48. The smallest absolute Gasteiger partial charge is 0.322 e. The van der Waals surface area contributed by atoms with Crippen LogP contribution in [0, 0.1) is 17.3 Å². The molecule has 0 radical (unpaired) electrons. The number of carbonyl (C=O) groups excluding carboxylic acids is 2. The minimum atomic E-state index is -5.16. The molecule has 0 heterocycles. The topological polar surface area (TPSA) is 110 Å². The Balaban J connectivity index is 1.74. The molecule has 0 aromatic rings. The van der Waals surface area contributed by atoms with Gasteiger partial charge >= 0.3 is 11.9 Å². The third kappa shape index (κ3) is 5.20. The van der Waals surface area contributed by atoms with Gasteiger partial charge in [0.25, 0.3) is 5.92 Å². The lowest BCUT2D eigenvalue weighted by Gasteiger charge is -2.60. The van der Waals surface area contributed by atoms with E-state index in [1.165, 1.54) is 0 Å². The molecule has 4 bridgehead atoms. The fraction of sp³-hybridized carbons (Fsp3) is 0.889. The zero-order valence-corrected chi connectivity index (χ0v) is 19.2. The summed E-state index contributed by atoms with van der Waals surface area (Å²) < 4.78 is 69.2. The van der Waals surface area contributed by atoms with Crippen molar-refractivity contribution < 1.29 is 40.8 Å². The number of rotatable bonds is 7. The van der Waals surface area contributed by atoms with Gasteiger partial charge in [0.1, 0.15) is 24.9 Å². The number of ether oxygens (including phenoxy) is 2. The van der Waals surface area contributed by atoms with E-state index in [-0.39, 0.29) is 24.2 Å². The van der Waals surface area contributed by atoms with E-state index < -0.39 is 48.8 Å². The van der Waals surface area contributed by atoms with Crippen molar-refractivity contribution in [1.82, 2.24) is 0 Å². The van der Waals surface area contributed by atoms with Gasteiger partial charge in [-0.1, -0.05) is 22.6 Å². The van der Waals surface area contributed by atoms with E-state index in [0.29, 0.717) is 25.7 Å². The third-order valence-corrected chi connectivity index (χ3v) is 7.25. The number of hydrogen-bond acceptors (Lipinski definition) is 7. The van der Waals surface area contributed by atoms with E-state index in [2.05, 4.69) is 0 Å². The van der Waals surface area contributed by atoms with Crippen molar-refractivity contribution in [2.24, 2.45) is 17.3 Å². The molecule has 2 unspecified atom stereocenters. The van der Waals surface area contributed by atoms with E-state index in [1.54, 1.807) is 13.8 Å². The third-order valence-electron chi connectivity index (χ3n) is 6.04. The van der Waals surface area contributed by atoms with Crippen molar-refractivity contribution in [2.75, 3.05) is 12.4 Å². The average Bonchev–Trinajstić information content (AvgIpc) is 2.47. The van der Waals surface area contributed by atoms with Gasteiger partial charge in [-0.15, -0.1) is 0 Å². The summed E-state index contributed by atoms with van der Waals surface area (Å²) in [7, 11) is -5.16. The van der Waals surface area contributed by atoms with E-state index in [4.69, 9.17) is 9.47 Å². The van der Waals surface area contributed by atoms with E-state index in [9.17, 15) is 31.3 Å². The second-order valence-electron chi connectivity index (χ2n) is 9.42. The van der Waals surface area contributed by atoms with Crippen LogP contribution in [-0.4, -0.2) is 52.2 Å². The summed E-state index contributed by atoms with van der Waals surface area (Å²) in [5.41, 5.74) is -1.82. The highest BCUT2D eigenvalue weighted by Crippen LogP contribution is 2.63. The average molecular weight is 549 g/mol. The van der Waals surface area contributed by atoms with Gasteiger partial charge in [-0.25, -0.2) is 17.2 Å². The van der Waals surface area contributed by atoms with Gasteiger partial charge < -0.3 is 14.0 Å². The Labute approximate surface area is 182 Å². The SMILES string of the molecule is CC(C)(I)C(=O)OC12CC3CC(C1)CC(C(=O)OCC(F)(F)CS(=O)(=O)[O-])(C3)C2. The van der Waals surface area contributed by atoms with Crippen molar-refractivity contribution in [3.8, 4) is 0 Å². The van der Waals surface area contributed by atoms with Crippen LogP contribution in [0.25, 0.3) is 0 Å². The first-order valence-corrected chi connectivity index (χ1v) is 12.1. The molecule has 166 valence electrons. The molecule has 0 aromatic heterocycles. The summed E-state index contributed by atoms with van der Waals surface area (Å²) in [5.74, 6) is -6.81. The minimum absolute atomic E-state index is 0.136. The molecule has 0 saturated heterocycles. The molecule has 4 aliphatic carbocycles. The zero-order valence-electron chi connectivity index (χ0n) is 16.2. The van der Waals surface area contributed by atoms with E-state index in [0.717, 1.165) is 6.42 Å². The summed E-state index contributed by atoms with van der Waals surface area (Å²) in [5, 5.41) is 0. The highest BCUT2D eigenvalue weighted by atomic mass is 127. The zero-order chi connectivity index (χ0) is 21.9. The fourth-order valence-corrected chi connectivity index (χ4v) is 6.19. The molecule has 7 nitrogen and oxygen atoms in total. The molecular formula is C18H24F2IO7S-. The molecule has 2 atom stereocenters. The predicted octanol–water partition coefficient (Wildman–Crippen LogP) is 2.81. The number of carbonyl (C=O) groups is 2. The van der Waals surface area contributed by atoms with Gasteiger partial charge in [-0.2, -0.15) is 0 Å². The molecule has 29 heavy (non-hydrogen) atoms. The largest absolute Gasteiger partial charge is 0.748 e. The Hall–Kier alpha value is -0.560. The van der Waals surface area contributed by atoms with Gasteiger partial charge in [-0.05, 0) is 57.8 Å².